The molecular weight excluding hydrogens is 380 g/mol. The number of carbonyl (C=O) groups is 1. The summed E-state index contributed by atoms with van der Waals surface area (Å²) in [4.78, 5) is 24.2. The van der Waals surface area contributed by atoms with Gasteiger partial charge in [0.1, 0.15) is 12.2 Å². The van der Waals surface area contributed by atoms with Crippen LogP contribution in [0.1, 0.15) is 34.0 Å². The Balaban J connectivity index is 1.82. The number of carbonyl (C=O) groups excluding carboxylic acids is 1. The van der Waals surface area contributed by atoms with Gasteiger partial charge in [-0.05, 0) is 35.7 Å². The van der Waals surface area contributed by atoms with Gasteiger partial charge in [-0.1, -0.05) is 31.2 Å². The number of benzene rings is 2. The lowest BCUT2D eigenvalue weighted by Gasteiger charge is -2.09. The quantitative estimate of drug-likeness (QED) is 0.466. The number of fused-ring (bicyclic) bond motifs is 1. The molecule has 7 heteroatoms. The molecule has 0 unspecified atom stereocenters. The third-order valence-electron chi connectivity index (χ3n) is 4.25. The Bertz CT molecular complexity index is 1190. The third-order valence-corrected chi connectivity index (χ3v) is 5.11. The Morgan fingerprint density at radius 1 is 1.07 bits per heavy atom. The first-order chi connectivity index (χ1) is 13.2. The number of rotatable bonds is 6. The minimum atomic E-state index is -3.21. The lowest BCUT2D eigenvalue weighted by molar-refractivity contribution is 0.0473. The number of sulfone groups is 1. The fourth-order valence-corrected chi connectivity index (χ4v) is 3.72. The summed E-state index contributed by atoms with van der Waals surface area (Å²) in [5.74, 6) is -0.750. The van der Waals surface area contributed by atoms with Crippen molar-refractivity contribution in [2.24, 2.45) is 0 Å². The standard InChI is InChI=1S/C21H20O6S/c1-3-14-7-8-18-17(11-20(22)27-19(18)10-14)12-26-21(23)16-6-4-5-15(9-16)13-28(2,24)25/h4-11H,3,12-13H2,1-2H3. The zero-order valence-electron chi connectivity index (χ0n) is 15.6. The molecule has 0 amide bonds. The van der Waals surface area contributed by atoms with Gasteiger partial charge in [0.15, 0.2) is 9.84 Å². The number of esters is 1. The van der Waals surface area contributed by atoms with E-state index in [1.807, 2.05) is 19.1 Å². The zero-order chi connectivity index (χ0) is 20.3. The molecule has 0 bridgehead atoms. The first-order valence-corrected chi connectivity index (χ1v) is 10.8. The smallest absolute Gasteiger partial charge is 0.338 e. The van der Waals surface area contributed by atoms with Crippen LogP contribution in [0.2, 0.25) is 0 Å². The average molecular weight is 400 g/mol. The van der Waals surface area contributed by atoms with E-state index in [0.717, 1.165) is 18.2 Å². The summed E-state index contributed by atoms with van der Waals surface area (Å²) >= 11 is 0. The van der Waals surface area contributed by atoms with Crippen LogP contribution in [0.3, 0.4) is 0 Å². The van der Waals surface area contributed by atoms with Crippen molar-refractivity contribution in [3.63, 3.8) is 0 Å². The molecule has 28 heavy (non-hydrogen) atoms. The molecule has 0 fully saturated rings. The number of hydrogen-bond acceptors (Lipinski definition) is 6. The Labute approximate surface area is 162 Å². The molecule has 0 aliphatic carbocycles. The van der Waals surface area contributed by atoms with Crippen LogP contribution in [0.25, 0.3) is 11.0 Å². The predicted octanol–water partition coefficient (Wildman–Crippen LogP) is 3.26. The lowest BCUT2D eigenvalue weighted by atomic mass is 10.1. The molecule has 1 aromatic heterocycles. The van der Waals surface area contributed by atoms with E-state index in [1.165, 1.54) is 12.1 Å². The van der Waals surface area contributed by atoms with E-state index in [4.69, 9.17) is 9.15 Å². The van der Waals surface area contributed by atoms with Gasteiger partial charge in [0.25, 0.3) is 0 Å². The van der Waals surface area contributed by atoms with Gasteiger partial charge in [-0.25, -0.2) is 18.0 Å². The normalized spacial score (nSPS) is 11.5. The van der Waals surface area contributed by atoms with Gasteiger partial charge < -0.3 is 9.15 Å². The van der Waals surface area contributed by atoms with Crippen LogP contribution >= 0.6 is 0 Å². The molecule has 3 rings (SSSR count). The molecule has 0 spiro atoms. The molecule has 3 aromatic rings. The van der Waals surface area contributed by atoms with Crippen molar-refractivity contribution in [1.82, 2.24) is 0 Å². The van der Waals surface area contributed by atoms with Crippen LogP contribution in [0.4, 0.5) is 0 Å². The molecule has 0 saturated heterocycles. The van der Waals surface area contributed by atoms with E-state index in [1.54, 1.807) is 24.3 Å². The van der Waals surface area contributed by atoms with Crippen LogP contribution in [-0.4, -0.2) is 20.6 Å². The molecule has 0 atom stereocenters. The van der Waals surface area contributed by atoms with Crippen LogP contribution in [0.15, 0.2) is 57.7 Å². The predicted molar refractivity (Wildman–Crippen MR) is 106 cm³/mol. The van der Waals surface area contributed by atoms with E-state index in [9.17, 15) is 18.0 Å². The minimum absolute atomic E-state index is 0.0945. The van der Waals surface area contributed by atoms with Gasteiger partial charge in [0.2, 0.25) is 0 Å². The maximum atomic E-state index is 12.4. The molecule has 1 heterocycles. The van der Waals surface area contributed by atoms with Crippen molar-refractivity contribution >= 4 is 26.8 Å². The highest BCUT2D eigenvalue weighted by Gasteiger charge is 2.13. The van der Waals surface area contributed by atoms with E-state index in [2.05, 4.69) is 0 Å². The van der Waals surface area contributed by atoms with Crippen molar-refractivity contribution < 1.29 is 22.4 Å². The Morgan fingerprint density at radius 3 is 2.57 bits per heavy atom. The monoisotopic (exact) mass is 400 g/mol. The summed E-state index contributed by atoms with van der Waals surface area (Å²) in [7, 11) is -3.21. The molecule has 6 nitrogen and oxygen atoms in total. The Hall–Kier alpha value is -2.93. The van der Waals surface area contributed by atoms with Gasteiger partial charge in [-0.2, -0.15) is 0 Å². The number of aryl methyl sites for hydroxylation is 1. The SMILES string of the molecule is CCc1ccc2c(COC(=O)c3cccc(CS(C)(=O)=O)c3)cc(=O)oc2c1. The topological polar surface area (TPSA) is 90.7 Å². The van der Waals surface area contributed by atoms with Gasteiger partial charge in [0, 0.05) is 23.3 Å². The second-order valence-corrected chi connectivity index (χ2v) is 8.76. The third kappa shape index (κ3) is 4.86. The largest absolute Gasteiger partial charge is 0.457 e. The molecule has 0 radical (unpaired) electrons. The van der Waals surface area contributed by atoms with Crippen molar-refractivity contribution in [1.29, 1.82) is 0 Å². The van der Waals surface area contributed by atoms with Crippen LogP contribution in [-0.2, 0) is 33.4 Å². The summed E-state index contributed by atoms with van der Waals surface area (Å²) in [5.41, 5.74) is 2.29. The molecule has 0 aliphatic heterocycles. The highest BCUT2D eigenvalue weighted by atomic mass is 32.2. The van der Waals surface area contributed by atoms with Gasteiger partial charge >= 0.3 is 11.6 Å². The molecule has 146 valence electrons. The van der Waals surface area contributed by atoms with E-state index in [-0.39, 0.29) is 17.9 Å². The zero-order valence-corrected chi connectivity index (χ0v) is 16.4. The molecular formula is C21H20O6S. The summed E-state index contributed by atoms with van der Waals surface area (Å²) in [6, 6.07) is 13.2. The maximum absolute atomic E-state index is 12.4. The van der Waals surface area contributed by atoms with E-state index >= 15 is 0 Å². The summed E-state index contributed by atoms with van der Waals surface area (Å²) in [6.45, 7) is 1.91. The molecule has 0 saturated carbocycles. The second-order valence-electron chi connectivity index (χ2n) is 6.62. The minimum Gasteiger partial charge on any atom is -0.457 e. The fraction of sp³-hybridized carbons (Fsp3) is 0.238. The van der Waals surface area contributed by atoms with E-state index in [0.29, 0.717) is 22.1 Å². The van der Waals surface area contributed by atoms with Crippen LogP contribution in [0, 0.1) is 0 Å². The molecule has 2 aromatic carbocycles. The van der Waals surface area contributed by atoms with Crippen molar-refractivity contribution in [2.75, 3.05) is 6.26 Å². The number of hydrogen-bond donors (Lipinski definition) is 0. The summed E-state index contributed by atoms with van der Waals surface area (Å²) in [6.07, 6.45) is 1.94. The maximum Gasteiger partial charge on any atom is 0.338 e. The van der Waals surface area contributed by atoms with Crippen molar-refractivity contribution in [3.05, 3.63) is 81.2 Å². The van der Waals surface area contributed by atoms with Gasteiger partial charge in [0.05, 0.1) is 11.3 Å². The summed E-state index contributed by atoms with van der Waals surface area (Å²) in [5, 5.41) is 0.704. The molecule has 0 N–H and O–H groups in total. The fourth-order valence-electron chi connectivity index (χ4n) is 2.93. The van der Waals surface area contributed by atoms with E-state index < -0.39 is 21.4 Å². The first-order valence-electron chi connectivity index (χ1n) is 8.74. The van der Waals surface area contributed by atoms with Crippen LogP contribution in [0.5, 0.6) is 0 Å². The van der Waals surface area contributed by atoms with Crippen molar-refractivity contribution in [2.45, 2.75) is 25.7 Å². The van der Waals surface area contributed by atoms with Crippen LogP contribution < -0.4 is 5.63 Å². The van der Waals surface area contributed by atoms with Crippen molar-refractivity contribution in [3.8, 4) is 0 Å². The van der Waals surface area contributed by atoms with Gasteiger partial charge in [-0.15, -0.1) is 0 Å². The Morgan fingerprint density at radius 2 is 1.86 bits per heavy atom. The lowest BCUT2D eigenvalue weighted by Crippen LogP contribution is -2.09. The number of ether oxygens (including phenoxy) is 1. The Kier molecular flexibility index (Phi) is 5.65. The second kappa shape index (κ2) is 7.98. The average Bonchev–Trinajstić information content (AvgIpc) is 2.64. The molecule has 0 aliphatic rings. The highest BCUT2D eigenvalue weighted by molar-refractivity contribution is 7.89. The first kappa shape index (κ1) is 19.8. The van der Waals surface area contributed by atoms with Gasteiger partial charge in [-0.3, -0.25) is 0 Å². The summed E-state index contributed by atoms with van der Waals surface area (Å²) < 4.78 is 33.5. The highest BCUT2D eigenvalue weighted by Crippen LogP contribution is 2.20.